The van der Waals surface area contributed by atoms with Crippen molar-refractivity contribution < 1.29 is 13.9 Å². The Kier molecular flexibility index (Phi) is 5.60. The predicted octanol–water partition coefficient (Wildman–Crippen LogP) is 2.40. The van der Waals surface area contributed by atoms with Gasteiger partial charge in [0.1, 0.15) is 11.6 Å². The number of hydrogen-bond acceptors (Lipinski definition) is 7. The Bertz CT molecular complexity index is 744. The number of methoxy groups -OCH3 is 1. The molecule has 1 aromatic carbocycles. The van der Waals surface area contributed by atoms with E-state index in [0.717, 1.165) is 24.0 Å². The number of anilines is 2. The van der Waals surface area contributed by atoms with Crippen molar-refractivity contribution >= 4 is 28.1 Å². The highest BCUT2D eigenvalue weighted by Gasteiger charge is 2.22. The maximum Gasteiger partial charge on any atom is 0.205 e. The van der Waals surface area contributed by atoms with E-state index in [2.05, 4.69) is 14.3 Å². The van der Waals surface area contributed by atoms with Crippen LogP contribution in [0.1, 0.15) is 23.1 Å². The summed E-state index contributed by atoms with van der Waals surface area (Å²) in [6, 6.07) is 4.69. The summed E-state index contributed by atoms with van der Waals surface area (Å²) < 4.78 is 23.7. The van der Waals surface area contributed by atoms with E-state index in [4.69, 9.17) is 4.74 Å². The number of rotatable bonds is 6. The van der Waals surface area contributed by atoms with Crippen LogP contribution in [0.15, 0.2) is 18.2 Å². The van der Waals surface area contributed by atoms with Crippen LogP contribution in [0.3, 0.4) is 0 Å². The van der Waals surface area contributed by atoms with Crippen LogP contribution in [-0.2, 0) is 11.2 Å². The summed E-state index contributed by atoms with van der Waals surface area (Å²) >= 11 is 1.39. The van der Waals surface area contributed by atoms with Crippen molar-refractivity contribution in [2.24, 2.45) is 0 Å². The van der Waals surface area contributed by atoms with Crippen molar-refractivity contribution in [1.29, 1.82) is 0 Å². The quantitative estimate of drug-likeness (QED) is 0.734. The zero-order valence-corrected chi connectivity index (χ0v) is 15.2. The molecule has 25 heavy (non-hydrogen) atoms. The first-order chi connectivity index (χ1) is 12.1. The van der Waals surface area contributed by atoms with Gasteiger partial charge in [0.2, 0.25) is 5.13 Å². The minimum atomic E-state index is -0.348. The molecule has 2 heterocycles. The maximum absolute atomic E-state index is 14.3. The molecule has 1 aromatic heterocycles. The summed E-state index contributed by atoms with van der Waals surface area (Å²) in [4.78, 5) is 20.1. The van der Waals surface area contributed by atoms with Gasteiger partial charge in [-0.2, -0.15) is 4.37 Å². The topological polar surface area (TPSA) is 58.6 Å². The van der Waals surface area contributed by atoms with E-state index in [1.54, 1.807) is 19.2 Å². The lowest BCUT2D eigenvalue weighted by Crippen LogP contribution is -2.46. The maximum atomic E-state index is 14.3. The lowest BCUT2D eigenvalue weighted by atomic mass is 10.1. The standard InChI is InChI=1S/C17H21FN4O2S/c1-12(23)13-3-4-15(14(18)11-13)21-6-8-22(9-7-21)17-19-16(20-25-17)5-10-24-2/h3-4,11H,5-10H2,1-2H3. The van der Waals surface area contributed by atoms with E-state index >= 15 is 0 Å². The summed E-state index contributed by atoms with van der Waals surface area (Å²) in [5.74, 6) is 0.324. The molecular weight excluding hydrogens is 343 g/mol. The molecule has 1 fully saturated rings. The predicted molar refractivity (Wildman–Crippen MR) is 96.3 cm³/mol. The Hall–Kier alpha value is -2.06. The summed E-state index contributed by atoms with van der Waals surface area (Å²) in [5, 5.41) is 0.901. The van der Waals surface area contributed by atoms with Gasteiger partial charge in [-0.05, 0) is 25.1 Å². The molecule has 0 aliphatic carbocycles. The molecular formula is C17H21FN4O2S. The summed E-state index contributed by atoms with van der Waals surface area (Å²) in [7, 11) is 1.66. The minimum absolute atomic E-state index is 0.129. The number of carbonyl (C=O) groups excluding carboxylic acids is 1. The van der Waals surface area contributed by atoms with Crippen LogP contribution in [-0.4, -0.2) is 55.0 Å². The van der Waals surface area contributed by atoms with Crippen molar-refractivity contribution in [3.63, 3.8) is 0 Å². The van der Waals surface area contributed by atoms with Crippen molar-refractivity contribution in [1.82, 2.24) is 9.36 Å². The van der Waals surface area contributed by atoms with Crippen molar-refractivity contribution in [3.05, 3.63) is 35.4 Å². The number of nitrogens with zero attached hydrogens (tertiary/aromatic N) is 4. The summed E-state index contributed by atoms with van der Waals surface area (Å²) in [5.41, 5.74) is 0.944. The number of aromatic nitrogens is 2. The van der Waals surface area contributed by atoms with E-state index in [1.165, 1.54) is 24.5 Å². The SMILES string of the molecule is COCCc1nsc(N2CCN(c3ccc(C(C)=O)cc3F)CC2)n1. The van der Waals surface area contributed by atoms with Gasteiger partial charge in [0, 0.05) is 56.8 Å². The zero-order valence-electron chi connectivity index (χ0n) is 14.4. The molecule has 0 N–H and O–H groups in total. The second kappa shape index (κ2) is 7.88. The fraction of sp³-hybridized carbons (Fsp3) is 0.471. The summed E-state index contributed by atoms with van der Waals surface area (Å²) in [6.07, 6.45) is 0.709. The van der Waals surface area contributed by atoms with E-state index < -0.39 is 0 Å². The molecule has 1 saturated heterocycles. The lowest BCUT2D eigenvalue weighted by molar-refractivity contribution is 0.101. The number of ether oxygens (including phenoxy) is 1. The number of piperazine rings is 1. The van der Waals surface area contributed by atoms with Gasteiger partial charge >= 0.3 is 0 Å². The third-order valence-corrected chi connectivity index (χ3v) is 5.05. The molecule has 6 nitrogen and oxygen atoms in total. The largest absolute Gasteiger partial charge is 0.384 e. The van der Waals surface area contributed by atoms with Gasteiger partial charge in [-0.1, -0.05) is 0 Å². The normalized spacial score (nSPS) is 14.8. The van der Waals surface area contributed by atoms with Gasteiger partial charge in [0.15, 0.2) is 5.78 Å². The van der Waals surface area contributed by atoms with Crippen molar-refractivity contribution in [2.75, 3.05) is 49.7 Å². The Morgan fingerprint density at radius 3 is 2.64 bits per heavy atom. The number of benzene rings is 1. The molecule has 0 unspecified atom stereocenters. The second-order valence-electron chi connectivity index (χ2n) is 5.93. The highest BCUT2D eigenvalue weighted by molar-refractivity contribution is 7.09. The fourth-order valence-electron chi connectivity index (χ4n) is 2.79. The number of hydrogen-bond donors (Lipinski definition) is 0. The molecule has 8 heteroatoms. The Labute approximate surface area is 150 Å². The van der Waals surface area contributed by atoms with Crippen LogP contribution in [0.2, 0.25) is 0 Å². The van der Waals surface area contributed by atoms with E-state index in [0.29, 0.717) is 37.4 Å². The Balaban J connectivity index is 1.62. The summed E-state index contributed by atoms with van der Waals surface area (Å²) in [6.45, 7) is 4.96. The van der Waals surface area contributed by atoms with Gasteiger partial charge in [-0.3, -0.25) is 4.79 Å². The van der Waals surface area contributed by atoms with E-state index in [9.17, 15) is 9.18 Å². The fourth-order valence-corrected chi connectivity index (χ4v) is 3.55. The first-order valence-corrected chi connectivity index (χ1v) is 8.97. The first-order valence-electron chi connectivity index (χ1n) is 8.20. The third-order valence-electron chi connectivity index (χ3n) is 4.23. The number of halogens is 1. The molecule has 2 aromatic rings. The van der Waals surface area contributed by atoms with Crippen LogP contribution in [0.25, 0.3) is 0 Å². The van der Waals surface area contributed by atoms with Gasteiger partial charge in [-0.15, -0.1) is 0 Å². The number of ketones is 1. The van der Waals surface area contributed by atoms with Crippen LogP contribution in [0, 0.1) is 5.82 Å². The lowest BCUT2D eigenvalue weighted by Gasteiger charge is -2.35. The molecule has 134 valence electrons. The average molecular weight is 364 g/mol. The molecule has 0 bridgehead atoms. The second-order valence-corrected chi connectivity index (χ2v) is 6.66. The van der Waals surface area contributed by atoms with Gasteiger partial charge in [0.25, 0.3) is 0 Å². The molecule has 1 aliphatic rings. The molecule has 0 radical (unpaired) electrons. The molecule has 0 amide bonds. The van der Waals surface area contributed by atoms with Crippen LogP contribution in [0.5, 0.6) is 0 Å². The van der Waals surface area contributed by atoms with E-state index in [1.807, 2.05) is 4.90 Å². The smallest absolute Gasteiger partial charge is 0.205 e. The van der Waals surface area contributed by atoms with Crippen LogP contribution in [0.4, 0.5) is 15.2 Å². The van der Waals surface area contributed by atoms with Crippen LogP contribution >= 0.6 is 11.5 Å². The number of carbonyl (C=O) groups is 1. The van der Waals surface area contributed by atoms with Crippen molar-refractivity contribution in [2.45, 2.75) is 13.3 Å². The average Bonchev–Trinajstić information content (AvgIpc) is 3.09. The van der Waals surface area contributed by atoms with Crippen molar-refractivity contribution in [3.8, 4) is 0 Å². The Morgan fingerprint density at radius 2 is 2.00 bits per heavy atom. The van der Waals surface area contributed by atoms with E-state index in [-0.39, 0.29) is 11.6 Å². The minimum Gasteiger partial charge on any atom is -0.384 e. The van der Waals surface area contributed by atoms with Crippen LogP contribution < -0.4 is 9.80 Å². The zero-order chi connectivity index (χ0) is 17.8. The molecule has 1 aliphatic heterocycles. The molecule has 3 rings (SSSR count). The molecule has 0 spiro atoms. The van der Waals surface area contributed by atoms with Gasteiger partial charge in [0.05, 0.1) is 12.3 Å². The Morgan fingerprint density at radius 1 is 1.28 bits per heavy atom. The monoisotopic (exact) mass is 364 g/mol. The molecule has 0 atom stereocenters. The molecule has 0 saturated carbocycles. The van der Waals surface area contributed by atoms with Gasteiger partial charge < -0.3 is 14.5 Å². The third kappa shape index (κ3) is 4.13. The number of Topliss-reactive ketones (excluding diaryl/α,β-unsaturated/α-hetero) is 1. The highest BCUT2D eigenvalue weighted by Crippen LogP contribution is 2.25. The van der Waals surface area contributed by atoms with Gasteiger partial charge in [-0.25, -0.2) is 9.37 Å². The highest BCUT2D eigenvalue weighted by atomic mass is 32.1. The first kappa shape index (κ1) is 17.8.